The van der Waals surface area contributed by atoms with E-state index in [4.69, 9.17) is 10.5 Å². The zero-order valence-electron chi connectivity index (χ0n) is 8.58. The molecular formula is C11H15BrN2O. The third-order valence-electron chi connectivity index (χ3n) is 2.60. The van der Waals surface area contributed by atoms with Crippen molar-refractivity contribution in [2.45, 2.75) is 6.54 Å². The van der Waals surface area contributed by atoms with Gasteiger partial charge in [-0.3, -0.25) is 0 Å². The number of halogens is 1. The van der Waals surface area contributed by atoms with Gasteiger partial charge in [-0.2, -0.15) is 0 Å². The van der Waals surface area contributed by atoms with Gasteiger partial charge in [0.15, 0.2) is 0 Å². The highest BCUT2D eigenvalue weighted by Gasteiger charge is 2.13. The number of nitrogens with zero attached hydrogens (tertiary/aromatic N) is 1. The Bertz CT molecular complexity index is 337. The fourth-order valence-electron chi connectivity index (χ4n) is 1.74. The summed E-state index contributed by atoms with van der Waals surface area (Å²) in [4.78, 5) is 2.33. The molecule has 1 aromatic rings. The lowest BCUT2D eigenvalue weighted by Gasteiger charge is -2.29. The Hall–Kier alpha value is -0.580. The maximum atomic E-state index is 5.59. The molecule has 1 aliphatic rings. The lowest BCUT2D eigenvalue weighted by Crippen LogP contribution is -2.36. The van der Waals surface area contributed by atoms with Crippen LogP contribution in [0.1, 0.15) is 5.56 Å². The molecule has 4 heteroatoms. The Morgan fingerprint density at radius 3 is 2.67 bits per heavy atom. The first-order chi connectivity index (χ1) is 7.31. The second-order valence-electron chi connectivity index (χ2n) is 3.59. The number of nitrogens with two attached hydrogens (primary N) is 1. The SMILES string of the molecule is NCc1ccc(N2CCOCC2)c(Br)c1. The van der Waals surface area contributed by atoms with Crippen molar-refractivity contribution in [1.29, 1.82) is 0 Å². The van der Waals surface area contributed by atoms with Crippen LogP contribution >= 0.6 is 15.9 Å². The first-order valence-corrected chi connectivity index (χ1v) is 5.92. The van der Waals surface area contributed by atoms with Crippen molar-refractivity contribution in [1.82, 2.24) is 0 Å². The minimum absolute atomic E-state index is 0.585. The second-order valence-corrected chi connectivity index (χ2v) is 4.44. The van der Waals surface area contributed by atoms with E-state index in [9.17, 15) is 0 Å². The van der Waals surface area contributed by atoms with E-state index in [-0.39, 0.29) is 0 Å². The molecule has 0 bridgehead atoms. The lowest BCUT2D eigenvalue weighted by molar-refractivity contribution is 0.122. The summed E-state index contributed by atoms with van der Waals surface area (Å²) >= 11 is 3.59. The summed E-state index contributed by atoms with van der Waals surface area (Å²) in [5.41, 5.74) is 7.98. The molecule has 0 unspecified atom stereocenters. The van der Waals surface area contributed by atoms with Gasteiger partial charge in [0, 0.05) is 24.1 Å². The molecule has 0 saturated carbocycles. The Morgan fingerprint density at radius 2 is 2.07 bits per heavy atom. The van der Waals surface area contributed by atoms with Crippen LogP contribution < -0.4 is 10.6 Å². The van der Waals surface area contributed by atoms with Crippen molar-refractivity contribution in [2.24, 2.45) is 5.73 Å². The van der Waals surface area contributed by atoms with E-state index in [0.29, 0.717) is 6.54 Å². The number of anilines is 1. The van der Waals surface area contributed by atoms with Crippen LogP contribution in [-0.2, 0) is 11.3 Å². The van der Waals surface area contributed by atoms with Gasteiger partial charge in [-0.05, 0) is 33.6 Å². The Morgan fingerprint density at radius 1 is 1.33 bits per heavy atom. The molecule has 1 aliphatic heterocycles. The third-order valence-corrected chi connectivity index (χ3v) is 3.23. The molecule has 82 valence electrons. The summed E-state index contributed by atoms with van der Waals surface area (Å²) in [6.45, 7) is 4.12. The second kappa shape index (κ2) is 4.96. The largest absolute Gasteiger partial charge is 0.378 e. The molecule has 15 heavy (non-hydrogen) atoms. The molecule has 0 aromatic heterocycles. The minimum Gasteiger partial charge on any atom is -0.378 e. The highest BCUT2D eigenvalue weighted by atomic mass is 79.9. The molecule has 2 N–H and O–H groups in total. The van der Waals surface area contributed by atoms with Gasteiger partial charge in [0.05, 0.1) is 18.9 Å². The first kappa shape index (κ1) is 10.9. The van der Waals surface area contributed by atoms with Gasteiger partial charge in [-0.1, -0.05) is 6.07 Å². The lowest BCUT2D eigenvalue weighted by atomic mass is 10.2. The minimum atomic E-state index is 0.585. The zero-order chi connectivity index (χ0) is 10.7. The fourth-order valence-corrected chi connectivity index (χ4v) is 2.42. The predicted octanol–water partition coefficient (Wildman–Crippen LogP) is 1.74. The maximum absolute atomic E-state index is 5.59. The highest BCUT2D eigenvalue weighted by molar-refractivity contribution is 9.10. The number of rotatable bonds is 2. The molecule has 0 amide bonds. The molecule has 0 aliphatic carbocycles. The molecule has 0 radical (unpaired) electrons. The summed E-state index contributed by atoms with van der Waals surface area (Å²) in [6, 6.07) is 6.29. The third kappa shape index (κ3) is 2.51. The molecule has 1 heterocycles. The standard InChI is InChI=1S/C11H15BrN2O/c12-10-7-9(8-13)1-2-11(10)14-3-5-15-6-4-14/h1-2,7H,3-6,8,13H2. The molecule has 0 atom stereocenters. The fraction of sp³-hybridized carbons (Fsp3) is 0.455. The monoisotopic (exact) mass is 270 g/mol. The summed E-state index contributed by atoms with van der Waals surface area (Å²) in [7, 11) is 0. The van der Waals surface area contributed by atoms with Crippen molar-refractivity contribution in [2.75, 3.05) is 31.2 Å². The summed E-state index contributed by atoms with van der Waals surface area (Å²) < 4.78 is 6.45. The number of hydrogen-bond acceptors (Lipinski definition) is 3. The zero-order valence-corrected chi connectivity index (χ0v) is 10.2. The Kier molecular flexibility index (Phi) is 3.61. The van der Waals surface area contributed by atoms with Gasteiger partial charge in [0.2, 0.25) is 0 Å². The first-order valence-electron chi connectivity index (χ1n) is 5.12. The van der Waals surface area contributed by atoms with Crippen LogP contribution in [0.25, 0.3) is 0 Å². The van der Waals surface area contributed by atoms with Crippen molar-refractivity contribution in [3.63, 3.8) is 0 Å². The average molecular weight is 271 g/mol. The smallest absolute Gasteiger partial charge is 0.0642 e. The molecule has 1 aromatic carbocycles. The van der Waals surface area contributed by atoms with E-state index in [1.54, 1.807) is 0 Å². The summed E-state index contributed by atoms with van der Waals surface area (Å²) in [6.07, 6.45) is 0. The molecule has 2 rings (SSSR count). The van der Waals surface area contributed by atoms with Gasteiger partial charge in [0.1, 0.15) is 0 Å². The Balaban J connectivity index is 2.19. The van der Waals surface area contributed by atoms with Gasteiger partial charge in [-0.15, -0.1) is 0 Å². The van der Waals surface area contributed by atoms with Gasteiger partial charge >= 0.3 is 0 Å². The number of ether oxygens (including phenoxy) is 1. The van der Waals surface area contributed by atoms with Crippen LogP contribution in [0.4, 0.5) is 5.69 Å². The van der Waals surface area contributed by atoms with Crippen molar-refractivity contribution >= 4 is 21.6 Å². The Labute approximate surface area is 98.3 Å². The number of hydrogen-bond donors (Lipinski definition) is 1. The van der Waals surface area contributed by atoms with Crippen LogP contribution in [0, 0.1) is 0 Å². The van der Waals surface area contributed by atoms with Crippen LogP contribution in [0.2, 0.25) is 0 Å². The predicted molar refractivity (Wildman–Crippen MR) is 65.1 cm³/mol. The van der Waals surface area contributed by atoms with Gasteiger partial charge < -0.3 is 15.4 Å². The molecule has 1 saturated heterocycles. The molecular weight excluding hydrogens is 256 g/mol. The summed E-state index contributed by atoms with van der Waals surface area (Å²) in [5, 5.41) is 0. The molecule has 0 spiro atoms. The van der Waals surface area contributed by atoms with Crippen molar-refractivity contribution in [3.8, 4) is 0 Å². The number of morpholine rings is 1. The topological polar surface area (TPSA) is 38.5 Å². The van der Waals surface area contributed by atoms with E-state index in [1.807, 2.05) is 0 Å². The van der Waals surface area contributed by atoms with Crippen LogP contribution in [0.5, 0.6) is 0 Å². The van der Waals surface area contributed by atoms with Gasteiger partial charge in [0.25, 0.3) is 0 Å². The van der Waals surface area contributed by atoms with E-state index < -0.39 is 0 Å². The van der Waals surface area contributed by atoms with Gasteiger partial charge in [-0.25, -0.2) is 0 Å². The summed E-state index contributed by atoms with van der Waals surface area (Å²) in [5.74, 6) is 0. The van der Waals surface area contributed by atoms with Crippen molar-refractivity contribution in [3.05, 3.63) is 28.2 Å². The van der Waals surface area contributed by atoms with E-state index >= 15 is 0 Å². The van der Waals surface area contributed by atoms with Crippen LogP contribution in [-0.4, -0.2) is 26.3 Å². The average Bonchev–Trinajstić information content (AvgIpc) is 2.30. The quantitative estimate of drug-likeness (QED) is 0.890. The van der Waals surface area contributed by atoms with E-state index in [1.165, 1.54) is 5.69 Å². The van der Waals surface area contributed by atoms with Crippen molar-refractivity contribution < 1.29 is 4.74 Å². The normalized spacial score (nSPS) is 16.8. The van der Waals surface area contributed by atoms with Crippen LogP contribution in [0.15, 0.2) is 22.7 Å². The maximum Gasteiger partial charge on any atom is 0.0642 e. The molecule has 1 fully saturated rings. The van der Waals surface area contributed by atoms with E-state index in [0.717, 1.165) is 36.3 Å². The molecule has 3 nitrogen and oxygen atoms in total. The van der Waals surface area contributed by atoms with Crippen LogP contribution in [0.3, 0.4) is 0 Å². The van der Waals surface area contributed by atoms with E-state index in [2.05, 4.69) is 39.0 Å². The number of benzene rings is 1. The highest BCUT2D eigenvalue weighted by Crippen LogP contribution is 2.27.